The average molecular weight is 522 g/mol. The van der Waals surface area contributed by atoms with Crippen LogP contribution in [0.4, 0.5) is 0 Å². The van der Waals surface area contributed by atoms with Gasteiger partial charge in [0.25, 0.3) is 5.91 Å². The molecule has 1 saturated heterocycles. The van der Waals surface area contributed by atoms with E-state index in [1.165, 1.54) is 11.1 Å². The van der Waals surface area contributed by atoms with Crippen molar-refractivity contribution in [3.05, 3.63) is 59.2 Å². The minimum atomic E-state index is -0.0638. The second-order valence-corrected chi connectivity index (χ2v) is 11.5. The van der Waals surface area contributed by atoms with E-state index in [0.29, 0.717) is 55.6 Å². The lowest BCUT2D eigenvalue weighted by molar-refractivity contribution is 0.0275. The number of likely N-dealkylation sites (tertiary alicyclic amines) is 1. The first-order chi connectivity index (χ1) is 18.4. The SMILES string of the molecule is COC(CN1CCc2ccccc2C1)CN1CCOc2cc(OC[C@@H]3CC(C)CN3C(C)C)ccc2C1=O. The molecule has 0 radical (unpaired) electrons. The predicted octanol–water partition coefficient (Wildman–Crippen LogP) is 4.09. The fourth-order valence-electron chi connectivity index (χ4n) is 6.22. The van der Waals surface area contributed by atoms with Gasteiger partial charge in [0.05, 0.1) is 18.2 Å². The van der Waals surface area contributed by atoms with E-state index in [9.17, 15) is 4.79 Å². The third-order valence-corrected chi connectivity index (χ3v) is 8.29. The maximum Gasteiger partial charge on any atom is 0.257 e. The van der Waals surface area contributed by atoms with E-state index in [1.807, 2.05) is 23.1 Å². The number of carbonyl (C=O) groups is 1. The van der Waals surface area contributed by atoms with Gasteiger partial charge in [0.1, 0.15) is 24.7 Å². The summed E-state index contributed by atoms with van der Waals surface area (Å²) >= 11 is 0. The van der Waals surface area contributed by atoms with Gasteiger partial charge in [-0.2, -0.15) is 0 Å². The van der Waals surface area contributed by atoms with E-state index >= 15 is 0 Å². The van der Waals surface area contributed by atoms with Gasteiger partial charge >= 0.3 is 0 Å². The third-order valence-electron chi connectivity index (χ3n) is 8.29. The van der Waals surface area contributed by atoms with E-state index < -0.39 is 0 Å². The van der Waals surface area contributed by atoms with Crippen LogP contribution in [0.5, 0.6) is 11.5 Å². The second kappa shape index (κ2) is 12.1. The Kier molecular flexibility index (Phi) is 8.56. The molecule has 38 heavy (non-hydrogen) atoms. The van der Waals surface area contributed by atoms with Crippen molar-refractivity contribution >= 4 is 5.91 Å². The number of amides is 1. The maximum atomic E-state index is 13.5. The van der Waals surface area contributed by atoms with Gasteiger partial charge in [-0.05, 0) is 55.9 Å². The highest BCUT2D eigenvalue weighted by Gasteiger charge is 2.32. The van der Waals surface area contributed by atoms with Crippen molar-refractivity contribution < 1.29 is 19.0 Å². The Bertz CT molecular complexity index is 1110. The summed E-state index contributed by atoms with van der Waals surface area (Å²) in [4.78, 5) is 20.3. The van der Waals surface area contributed by atoms with Crippen LogP contribution < -0.4 is 9.47 Å². The molecular weight excluding hydrogens is 478 g/mol. The third kappa shape index (κ3) is 6.16. The summed E-state index contributed by atoms with van der Waals surface area (Å²) < 4.78 is 18.1. The summed E-state index contributed by atoms with van der Waals surface area (Å²) in [5.41, 5.74) is 3.42. The number of hydrogen-bond acceptors (Lipinski definition) is 6. The first-order valence-electron chi connectivity index (χ1n) is 14.2. The molecule has 7 heteroatoms. The van der Waals surface area contributed by atoms with Crippen LogP contribution in [0.1, 0.15) is 48.7 Å². The zero-order valence-corrected chi connectivity index (χ0v) is 23.4. The van der Waals surface area contributed by atoms with Crippen molar-refractivity contribution in [2.75, 3.05) is 53.0 Å². The zero-order valence-electron chi connectivity index (χ0n) is 23.4. The number of benzene rings is 2. The number of nitrogens with zero attached hydrogens (tertiary/aromatic N) is 3. The molecule has 1 fully saturated rings. The van der Waals surface area contributed by atoms with Gasteiger partial charge < -0.3 is 19.1 Å². The van der Waals surface area contributed by atoms with Crippen LogP contribution >= 0.6 is 0 Å². The molecule has 0 saturated carbocycles. The van der Waals surface area contributed by atoms with E-state index in [1.54, 1.807) is 7.11 Å². The monoisotopic (exact) mass is 521 g/mol. The lowest BCUT2D eigenvalue weighted by Crippen LogP contribution is -2.45. The second-order valence-electron chi connectivity index (χ2n) is 11.5. The summed E-state index contributed by atoms with van der Waals surface area (Å²) in [7, 11) is 1.74. The number of ether oxygens (including phenoxy) is 3. The smallest absolute Gasteiger partial charge is 0.257 e. The molecule has 2 aromatic rings. The van der Waals surface area contributed by atoms with Crippen molar-refractivity contribution in [1.82, 2.24) is 14.7 Å². The van der Waals surface area contributed by atoms with Crippen LogP contribution in [0, 0.1) is 5.92 Å². The summed E-state index contributed by atoms with van der Waals surface area (Å²) in [6.07, 6.45) is 2.14. The van der Waals surface area contributed by atoms with Crippen molar-refractivity contribution in [1.29, 1.82) is 0 Å². The Hall–Kier alpha value is -2.61. The summed E-state index contributed by atoms with van der Waals surface area (Å²) in [5, 5.41) is 0. The van der Waals surface area contributed by atoms with Gasteiger partial charge in [-0.25, -0.2) is 0 Å². The molecule has 7 nitrogen and oxygen atoms in total. The molecule has 0 aliphatic carbocycles. The zero-order chi connectivity index (χ0) is 26.6. The Morgan fingerprint density at radius 3 is 2.68 bits per heavy atom. The minimum Gasteiger partial charge on any atom is -0.492 e. The molecule has 0 aromatic heterocycles. The quantitative estimate of drug-likeness (QED) is 0.496. The van der Waals surface area contributed by atoms with E-state index in [2.05, 4.69) is 54.8 Å². The van der Waals surface area contributed by atoms with E-state index in [-0.39, 0.29) is 12.0 Å². The molecular formula is C31H43N3O4. The highest BCUT2D eigenvalue weighted by atomic mass is 16.5. The number of rotatable bonds is 9. The number of hydrogen-bond donors (Lipinski definition) is 0. The molecule has 5 rings (SSSR count). The molecule has 1 amide bonds. The normalized spacial score (nSPS) is 23.1. The maximum absolute atomic E-state index is 13.5. The van der Waals surface area contributed by atoms with E-state index in [0.717, 1.165) is 44.8 Å². The predicted molar refractivity (Wildman–Crippen MR) is 149 cm³/mol. The van der Waals surface area contributed by atoms with Crippen LogP contribution in [0.3, 0.4) is 0 Å². The fraction of sp³-hybridized carbons (Fsp3) is 0.581. The van der Waals surface area contributed by atoms with Gasteiger partial charge in [-0.3, -0.25) is 14.6 Å². The fourth-order valence-corrected chi connectivity index (χ4v) is 6.22. The van der Waals surface area contributed by atoms with Crippen LogP contribution in [0.15, 0.2) is 42.5 Å². The minimum absolute atomic E-state index is 0.00862. The summed E-state index contributed by atoms with van der Waals surface area (Å²) in [6.45, 7) is 12.8. The van der Waals surface area contributed by atoms with Crippen LogP contribution in [0.2, 0.25) is 0 Å². The molecule has 2 unspecified atom stereocenters. The molecule has 0 N–H and O–H groups in total. The summed E-state index contributed by atoms with van der Waals surface area (Å²) in [5.74, 6) is 2.04. The topological polar surface area (TPSA) is 54.5 Å². The molecule has 3 heterocycles. The first kappa shape index (κ1) is 27.0. The van der Waals surface area contributed by atoms with Gasteiger partial charge in [0.2, 0.25) is 0 Å². The summed E-state index contributed by atoms with van der Waals surface area (Å²) in [6, 6.07) is 15.2. The molecule has 206 valence electrons. The highest BCUT2D eigenvalue weighted by Crippen LogP contribution is 2.30. The van der Waals surface area contributed by atoms with Gasteiger partial charge in [0, 0.05) is 58.0 Å². The van der Waals surface area contributed by atoms with Crippen molar-refractivity contribution in [2.24, 2.45) is 5.92 Å². The van der Waals surface area contributed by atoms with Crippen molar-refractivity contribution in [2.45, 2.75) is 58.3 Å². The van der Waals surface area contributed by atoms with Crippen molar-refractivity contribution in [3.8, 4) is 11.5 Å². The van der Waals surface area contributed by atoms with Crippen LogP contribution in [0.25, 0.3) is 0 Å². The number of methoxy groups -OCH3 is 1. The molecule has 0 spiro atoms. The molecule has 2 aromatic carbocycles. The number of carbonyl (C=O) groups excluding carboxylic acids is 1. The van der Waals surface area contributed by atoms with Crippen LogP contribution in [-0.2, 0) is 17.7 Å². The Morgan fingerprint density at radius 1 is 1.08 bits per heavy atom. The number of fused-ring (bicyclic) bond motifs is 2. The standard InChI is InChI=1S/C31H43N3O4/c1-22(2)34-17-23(3)15-26(34)21-38-27-9-10-29-30(16-27)37-14-13-33(31(29)35)20-28(36-4)19-32-12-11-24-7-5-6-8-25(24)18-32/h5-10,16,22-23,26,28H,11-15,17-21H2,1-4H3/t23?,26-,28?/m0/s1. The molecule has 3 aliphatic rings. The average Bonchev–Trinajstić information content (AvgIpc) is 3.23. The Morgan fingerprint density at radius 2 is 1.89 bits per heavy atom. The van der Waals surface area contributed by atoms with Gasteiger partial charge in [-0.15, -0.1) is 0 Å². The molecule has 0 bridgehead atoms. The highest BCUT2D eigenvalue weighted by molar-refractivity contribution is 5.97. The molecule has 3 atom stereocenters. The Balaban J connectivity index is 1.19. The lowest BCUT2D eigenvalue weighted by Gasteiger charge is -2.33. The molecule has 3 aliphatic heterocycles. The lowest BCUT2D eigenvalue weighted by atomic mass is 10.00. The van der Waals surface area contributed by atoms with Crippen LogP contribution in [-0.4, -0.2) is 91.8 Å². The Labute approximate surface area is 227 Å². The first-order valence-corrected chi connectivity index (χ1v) is 14.2. The van der Waals surface area contributed by atoms with E-state index in [4.69, 9.17) is 14.2 Å². The van der Waals surface area contributed by atoms with Gasteiger partial charge in [0.15, 0.2) is 0 Å². The van der Waals surface area contributed by atoms with Gasteiger partial charge in [-0.1, -0.05) is 31.2 Å². The largest absolute Gasteiger partial charge is 0.492 e. The van der Waals surface area contributed by atoms with Crippen molar-refractivity contribution in [3.63, 3.8) is 0 Å².